The summed E-state index contributed by atoms with van der Waals surface area (Å²) in [4.78, 5) is 49.2. The molecule has 212 valence electrons. The average molecular weight is 565 g/mol. The van der Waals surface area contributed by atoms with Gasteiger partial charge in [0, 0.05) is 25.1 Å². The second-order valence-electron chi connectivity index (χ2n) is 8.32. The van der Waals surface area contributed by atoms with Crippen molar-refractivity contribution >= 4 is 23.5 Å². The van der Waals surface area contributed by atoms with Gasteiger partial charge in [-0.15, -0.1) is 0 Å². The number of allylic oxidation sites excluding steroid dienone is 2. The zero-order valence-corrected chi connectivity index (χ0v) is 20.1. The molecule has 2 aliphatic heterocycles. The molecule has 2 aliphatic rings. The zero-order chi connectivity index (χ0) is 29.1. The van der Waals surface area contributed by atoms with Crippen molar-refractivity contribution in [3.05, 3.63) is 62.5 Å². The van der Waals surface area contributed by atoms with Crippen LogP contribution in [0, 0.1) is 10.1 Å². The lowest BCUT2D eigenvalue weighted by Crippen LogP contribution is -2.43. The summed E-state index contributed by atoms with van der Waals surface area (Å²) in [5.41, 5.74) is -8.49. The smallest absolute Gasteiger partial charge is 0.431 e. The number of nitrogens with one attached hydrogen (secondary N) is 1. The lowest BCUT2D eigenvalue weighted by Gasteiger charge is -2.33. The molecule has 2 heterocycles. The number of nitro groups is 1. The number of hydrogen-bond donors (Lipinski definition) is 1. The molecule has 0 aliphatic carbocycles. The van der Waals surface area contributed by atoms with E-state index in [1.54, 1.807) is 0 Å². The van der Waals surface area contributed by atoms with E-state index in [1.165, 1.54) is 11.8 Å². The number of esters is 2. The molecule has 39 heavy (non-hydrogen) atoms. The van der Waals surface area contributed by atoms with Gasteiger partial charge in [-0.05, 0) is 18.9 Å². The number of ether oxygens (including phenoxy) is 2. The Kier molecular flexibility index (Phi) is 8.55. The van der Waals surface area contributed by atoms with E-state index in [0.29, 0.717) is 19.0 Å². The van der Waals surface area contributed by atoms with Crippen molar-refractivity contribution < 1.29 is 55.1 Å². The van der Waals surface area contributed by atoms with Gasteiger partial charge in [-0.25, -0.2) is 9.59 Å². The van der Waals surface area contributed by atoms with Gasteiger partial charge in [0.2, 0.25) is 5.91 Å². The first kappa shape index (κ1) is 29.4. The monoisotopic (exact) mass is 565 g/mol. The van der Waals surface area contributed by atoms with E-state index >= 15 is 0 Å². The lowest BCUT2D eigenvalue weighted by atomic mass is 9.79. The number of carbonyl (C=O) groups is 3. The number of nitrogens with zero attached hydrogens (tertiary/aromatic N) is 2. The van der Waals surface area contributed by atoms with E-state index < -0.39 is 82.1 Å². The van der Waals surface area contributed by atoms with E-state index in [-0.39, 0.29) is 18.9 Å². The molecule has 1 fully saturated rings. The lowest BCUT2D eigenvalue weighted by molar-refractivity contribution is -0.384. The normalized spacial score (nSPS) is 18.3. The largest absolute Gasteiger partial charge is 0.463 e. The standard InChI is InChI=1S/C23H21F6N3O7/c1-2-38-20(34)16-15(12-5-3-6-13(11-12)32(36)37)17(19(23(27,28)29)30-18(16)22(24,25)26)21(35)39-10-9-31-8-4-7-14(31)33/h3,5-6,11,15,30H,2,4,7-10H2,1H3. The zero-order valence-electron chi connectivity index (χ0n) is 20.1. The molecule has 0 radical (unpaired) electrons. The van der Waals surface area contributed by atoms with Crippen LogP contribution in [0.1, 0.15) is 31.2 Å². The van der Waals surface area contributed by atoms with Gasteiger partial charge in [0.1, 0.15) is 18.0 Å². The summed E-state index contributed by atoms with van der Waals surface area (Å²) in [6, 6.07) is 3.47. The van der Waals surface area contributed by atoms with E-state index in [1.807, 2.05) is 0 Å². The van der Waals surface area contributed by atoms with Crippen LogP contribution in [0.25, 0.3) is 0 Å². The number of nitro benzene ring substituents is 1. The highest BCUT2D eigenvalue weighted by Crippen LogP contribution is 2.47. The number of amides is 1. The number of hydrogen-bond acceptors (Lipinski definition) is 8. The Morgan fingerprint density at radius 1 is 1.08 bits per heavy atom. The summed E-state index contributed by atoms with van der Waals surface area (Å²) in [5.74, 6) is -6.15. The van der Waals surface area contributed by atoms with E-state index in [4.69, 9.17) is 4.74 Å². The van der Waals surface area contributed by atoms with Crippen LogP contribution < -0.4 is 5.32 Å². The summed E-state index contributed by atoms with van der Waals surface area (Å²) < 4.78 is 94.0. The first-order valence-corrected chi connectivity index (χ1v) is 11.4. The van der Waals surface area contributed by atoms with Crippen molar-refractivity contribution in [1.82, 2.24) is 10.2 Å². The van der Waals surface area contributed by atoms with Crippen molar-refractivity contribution in [2.75, 3.05) is 26.3 Å². The van der Waals surface area contributed by atoms with Gasteiger partial charge in [-0.3, -0.25) is 14.9 Å². The molecule has 1 amide bonds. The third-order valence-electron chi connectivity index (χ3n) is 5.83. The summed E-state index contributed by atoms with van der Waals surface area (Å²) >= 11 is 0. The predicted octanol–water partition coefficient (Wildman–Crippen LogP) is 3.64. The van der Waals surface area contributed by atoms with Gasteiger partial charge in [-0.1, -0.05) is 12.1 Å². The molecule has 1 atom stereocenters. The fourth-order valence-electron chi connectivity index (χ4n) is 4.21. The number of benzene rings is 1. The van der Waals surface area contributed by atoms with Crippen LogP contribution >= 0.6 is 0 Å². The Bertz CT molecular complexity index is 1240. The molecule has 3 rings (SSSR count). The molecule has 1 aromatic rings. The maximum absolute atomic E-state index is 14.1. The van der Waals surface area contributed by atoms with Gasteiger partial charge < -0.3 is 19.7 Å². The molecule has 0 saturated carbocycles. The minimum Gasteiger partial charge on any atom is -0.463 e. The number of alkyl halides is 6. The number of dihydropyridines is 1. The second kappa shape index (κ2) is 11.3. The molecule has 16 heteroatoms. The number of halogens is 6. The van der Waals surface area contributed by atoms with E-state index in [0.717, 1.165) is 23.5 Å². The molecule has 1 N–H and O–H groups in total. The molecule has 0 aromatic heterocycles. The van der Waals surface area contributed by atoms with Crippen LogP contribution in [0.5, 0.6) is 0 Å². The summed E-state index contributed by atoms with van der Waals surface area (Å²) in [6.45, 7) is 0.272. The maximum atomic E-state index is 14.1. The molecule has 1 aromatic carbocycles. The number of likely N-dealkylation sites (tertiary alicyclic amines) is 1. The Balaban J connectivity index is 2.21. The fourth-order valence-corrected chi connectivity index (χ4v) is 4.21. The molecule has 1 unspecified atom stereocenters. The maximum Gasteiger partial charge on any atom is 0.431 e. The summed E-state index contributed by atoms with van der Waals surface area (Å²) in [6.07, 6.45) is -10.4. The molecule has 10 nitrogen and oxygen atoms in total. The molecule has 0 spiro atoms. The minimum absolute atomic E-state index is 0.192. The first-order chi connectivity index (χ1) is 18.2. The Hall–Kier alpha value is -4.11. The van der Waals surface area contributed by atoms with Crippen LogP contribution in [0.15, 0.2) is 46.8 Å². The van der Waals surface area contributed by atoms with Gasteiger partial charge in [0.25, 0.3) is 5.69 Å². The van der Waals surface area contributed by atoms with Crippen LogP contribution in [0.3, 0.4) is 0 Å². The first-order valence-electron chi connectivity index (χ1n) is 11.4. The number of non-ortho nitro benzene ring substituents is 1. The SMILES string of the molecule is CCOC(=O)C1=C(C(F)(F)F)NC(C(F)(F)F)=C(C(=O)OCCN2CCCC2=O)C1c1cccc([N+](=O)[O-])c1. The minimum atomic E-state index is -5.59. The van der Waals surface area contributed by atoms with Gasteiger partial charge in [0.05, 0.1) is 35.1 Å². The third-order valence-corrected chi connectivity index (χ3v) is 5.83. The highest BCUT2D eigenvalue weighted by molar-refractivity contribution is 6.00. The fraction of sp³-hybridized carbons (Fsp3) is 0.435. The number of rotatable bonds is 8. The number of carbonyl (C=O) groups excluding carboxylic acids is 3. The van der Waals surface area contributed by atoms with Crippen LogP contribution in [-0.2, 0) is 23.9 Å². The molecule has 0 bridgehead atoms. The summed E-state index contributed by atoms with van der Waals surface area (Å²) in [7, 11) is 0. The van der Waals surface area contributed by atoms with Crippen LogP contribution in [-0.4, -0.2) is 66.3 Å². The molecule has 1 saturated heterocycles. The van der Waals surface area contributed by atoms with Gasteiger partial charge in [0.15, 0.2) is 0 Å². The van der Waals surface area contributed by atoms with Gasteiger partial charge in [-0.2, -0.15) is 26.3 Å². The quantitative estimate of drug-likeness (QED) is 0.219. The molecular weight excluding hydrogens is 544 g/mol. The highest BCUT2D eigenvalue weighted by atomic mass is 19.4. The van der Waals surface area contributed by atoms with E-state index in [2.05, 4.69) is 4.74 Å². The van der Waals surface area contributed by atoms with Crippen molar-refractivity contribution in [3.8, 4) is 0 Å². The Morgan fingerprint density at radius 2 is 1.67 bits per heavy atom. The third kappa shape index (κ3) is 6.49. The van der Waals surface area contributed by atoms with Crippen molar-refractivity contribution in [2.45, 2.75) is 38.0 Å². The summed E-state index contributed by atoms with van der Waals surface area (Å²) in [5, 5.41) is 12.4. The Labute approximate surface area is 216 Å². The topological polar surface area (TPSA) is 128 Å². The molecular formula is C23H21F6N3O7. The van der Waals surface area contributed by atoms with E-state index in [9.17, 15) is 50.8 Å². The van der Waals surface area contributed by atoms with Crippen molar-refractivity contribution in [2.24, 2.45) is 0 Å². The Morgan fingerprint density at radius 3 is 2.15 bits per heavy atom. The average Bonchev–Trinajstić information content (AvgIpc) is 3.26. The highest BCUT2D eigenvalue weighted by Gasteiger charge is 2.53. The van der Waals surface area contributed by atoms with Crippen molar-refractivity contribution in [3.63, 3.8) is 0 Å². The van der Waals surface area contributed by atoms with Crippen LogP contribution in [0.2, 0.25) is 0 Å². The van der Waals surface area contributed by atoms with Gasteiger partial charge >= 0.3 is 24.3 Å². The second-order valence-corrected chi connectivity index (χ2v) is 8.32. The van der Waals surface area contributed by atoms with Crippen molar-refractivity contribution in [1.29, 1.82) is 0 Å². The predicted molar refractivity (Wildman–Crippen MR) is 119 cm³/mol. The van der Waals surface area contributed by atoms with Crippen LogP contribution in [0.4, 0.5) is 32.0 Å².